The second-order valence-electron chi connectivity index (χ2n) is 4.47. The first-order valence-electron chi connectivity index (χ1n) is 6.31. The number of carbonyl (C=O) groups excluding carboxylic acids is 1. The number of rotatable bonds is 8. The van der Waals surface area contributed by atoms with E-state index in [-0.39, 0.29) is 19.1 Å². The number of amides is 2. The van der Waals surface area contributed by atoms with Crippen molar-refractivity contribution in [2.24, 2.45) is 7.05 Å². The SMILES string of the molecule is Cn1cc(CCCNC(=O)NCCNS(C)(=O)=O)cn1. The van der Waals surface area contributed by atoms with E-state index in [1.165, 1.54) is 0 Å². The molecule has 1 heterocycles. The van der Waals surface area contributed by atoms with E-state index in [2.05, 4.69) is 20.5 Å². The number of sulfonamides is 1. The van der Waals surface area contributed by atoms with E-state index in [9.17, 15) is 13.2 Å². The van der Waals surface area contributed by atoms with Gasteiger partial charge in [-0.25, -0.2) is 17.9 Å². The molecule has 114 valence electrons. The van der Waals surface area contributed by atoms with Gasteiger partial charge >= 0.3 is 6.03 Å². The molecule has 0 spiro atoms. The van der Waals surface area contributed by atoms with Crippen molar-refractivity contribution in [3.05, 3.63) is 18.0 Å². The molecule has 1 aromatic heterocycles. The zero-order chi connectivity index (χ0) is 15.0. The minimum absolute atomic E-state index is 0.182. The summed E-state index contributed by atoms with van der Waals surface area (Å²) in [5.74, 6) is 0. The van der Waals surface area contributed by atoms with Crippen molar-refractivity contribution < 1.29 is 13.2 Å². The average Bonchev–Trinajstić information content (AvgIpc) is 2.75. The molecule has 0 aromatic carbocycles. The molecule has 0 saturated carbocycles. The lowest BCUT2D eigenvalue weighted by Crippen LogP contribution is -2.40. The normalized spacial score (nSPS) is 11.3. The molecule has 0 aliphatic carbocycles. The van der Waals surface area contributed by atoms with Gasteiger partial charge in [0.2, 0.25) is 10.0 Å². The fourth-order valence-electron chi connectivity index (χ4n) is 1.57. The Kier molecular flexibility index (Phi) is 6.46. The second kappa shape index (κ2) is 7.85. The summed E-state index contributed by atoms with van der Waals surface area (Å²) in [4.78, 5) is 11.4. The van der Waals surface area contributed by atoms with Crippen LogP contribution in [0, 0.1) is 0 Å². The molecule has 2 amide bonds. The summed E-state index contributed by atoms with van der Waals surface area (Å²) in [6, 6.07) is -0.300. The molecule has 0 aliphatic heterocycles. The average molecular weight is 303 g/mol. The van der Waals surface area contributed by atoms with Crippen molar-refractivity contribution >= 4 is 16.1 Å². The molecular weight excluding hydrogens is 282 g/mol. The zero-order valence-corrected chi connectivity index (χ0v) is 12.5. The van der Waals surface area contributed by atoms with E-state index in [0.29, 0.717) is 6.54 Å². The van der Waals surface area contributed by atoms with Crippen LogP contribution in [0.25, 0.3) is 0 Å². The number of aromatic nitrogens is 2. The molecular formula is C11H21N5O3S. The van der Waals surface area contributed by atoms with Crippen LogP contribution in [-0.2, 0) is 23.5 Å². The molecule has 8 nitrogen and oxygen atoms in total. The van der Waals surface area contributed by atoms with Gasteiger partial charge in [0.05, 0.1) is 12.5 Å². The highest BCUT2D eigenvalue weighted by atomic mass is 32.2. The van der Waals surface area contributed by atoms with Gasteiger partial charge < -0.3 is 10.6 Å². The monoisotopic (exact) mass is 303 g/mol. The van der Waals surface area contributed by atoms with E-state index in [1.54, 1.807) is 10.9 Å². The molecule has 1 rings (SSSR count). The third-order valence-corrected chi connectivity index (χ3v) is 3.19. The fraction of sp³-hybridized carbons (Fsp3) is 0.636. The molecule has 0 bridgehead atoms. The van der Waals surface area contributed by atoms with E-state index in [0.717, 1.165) is 24.7 Å². The van der Waals surface area contributed by atoms with E-state index in [1.807, 2.05) is 13.2 Å². The molecule has 0 fully saturated rings. The van der Waals surface area contributed by atoms with Gasteiger partial charge in [0.1, 0.15) is 0 Å². The van der Waals surface area contributed by atoms with Crippen LogP contribution >= 0.6 is 0 Å². The first-order chi connectivity index (χ1) is 9.37. The van der Waals surface area contributed by atoms with Crippen molar-refractivity contribution in [1.29, 1.82) is 0 Å². The van der Waals surface area contributed by atoms with Crippen LogP contribution in [0.2, 0.25) is 0 Å². The van der Waals surface area contributed by atoms with Gasteiger partial charge in [0, 0.05) is 32.9 Å². The Morgan fingerprint density at radius 2 is 2.00 bits per heavy atom. The third-order valence-electron chi connectivity index (χ3n) is 2.46. The summed E-state index contributed by atoms with van der Waals surface area (Å²) in [5.41, 5.74) is 1.13. The smallest absolute Gasteiger partial charge is 0.314 e. The van der Waals surface area contributed by atoms with Gasteiger partial charge in [-0.1, -0.05) is 0 Å². The summed E-state index contributed by atoms with van der Waals surface area (Å²) in [7, 11) is -1.34. The van der Waals surface area contributed by atoms with Gasteiger partial charge in [-0.2, -0.15) is 5.10 Å². The van der Waals surface area contributed by atoms with Crippen LogP contribution in [0.1, 0.15) is 12.0 Å². The number of nitrogens with zero attached hydrogens (tertiary/aromatic N) is 2. The Morgan fingerprint density at radius 1 is 1.30 bits per heavy atom. The maximum atomic E-state index is 11.4. The first kappa shape index (κ1) is 16.4. The fourth-order valence-corrected chi connectivity index (χ4v) is 2.04. The minimum Gasteiger partial charge on any atom is -0.338 e. The van der Waals surface area contributed by atoms with Crippen LogP contribution in [0.3, 0.4) is 0 Å². The Labute approximate surface area is 119 Å². The van der Waals surface area contributed by atoms with Crippen LogP contribution in [0.4, 0.5) is 4.79 Å². The van der Waals surface area contributed by atoms with E-state index >= 15 is 0 Å². The minimum atomic E-state index is -3.20. The number of nitrogens with one attached hydrogen (secondary N) is 3. The number of hydrogen-bond donors (Lipinski definition) is 3. The van der Waals surface area contributed by atoms with Gasteiger partial charge in [-0.05, 0) is 18.4 Å². The van der Waals surface area contributed by atoms with Gasteiger partial charge in [-0.15, -0.1) is 0 Å². The molecule has 20 heavy (non-hydrogen) atoms. The highest BCUT2D eigenvalue weighted by molar-refractivity contribution is 7.88. The second-order valence-corrected chi connectivity index (χ2v) is 6.31. The molecule has 3 N–H and O–H groups in total. The van der Waals surface area contributed by atoms with Gasteiger partial charge in [0.15, 0.2) is 0 Å². The maximum absolute atomic E-state index is 11.4. The molecule has 0 atom stereocenters. The summed E-state index contributed by atoms with van der Waals surface area (Å²) in [5, 5.41) is 9.33. The summed E-state index contributed by atoms with van der Waals surface area (Å²) >= 11 is 0. The quantitative estimate of drug-likeness (QED) is 0.547. The Bertz CT molecular complexity index is 526. The predicted octanol–water partition coefficient (Wildman–Crippen LogP) is -0.799. The molecule has 0 aliphatic rings. The summed E-state index contributed by atoms with van der Waals surface area (Å²) in [6.45, 7) is 0.990. The zero-order valence-electron chi connectivity index (χ0n) is 11.7. The third kappa shape index (κ3) is 7.74. The summed E-state index contributed by atoms with van der Waals surface area (Å²) < 4.78 is 25.6. The first-order valence-corrected chi connectivity index (χ1v) is 8.20. The lowest BCUT2D eigenvalue weighted by atomic mass is 10.2. The van der Waals surface area contributed by atoms with Crippen LogP contribution in [-0.4, -0.2) is 50.1 Å². The maximum Gasteiger partial charge on any atom is 0.314 e. The van der Waals surface area contributed by atoms with Crippen molar-refractivity contribution in [2.45, 2.75) is 12.8 Å². The number of aryl methyl sites for hydroxylation is 2. The standard InChI is InChI=1S/C11H21N5O3S/c1-16-9-10(8-14-16)4-3-5-12-11(17)13-6-7-15-20(2,18)19/h8-9,15H,3-7H2,1-2H3,(H2,12,13,17). The highest BCUT2D eigenvalue weighted by Gasteiger charge is 2.02. The molecule has 0 saturated heterocycles. The number of carbonyl (C=O) groups is 1. The van der Waals surface area contributed by atoms with Gasteiger partial charge in [-0.3, -0.25) is 4.68 Å². The number of hydrogen-bond acceptors (Lipinski definition) is 4. The van der Waals surface area contributed by atoms with Crippen LogP contribution in [0.5, 0.6) is 0 Å². The summed E-state index contributed by atoms with van der Waals surface area (Å²) in [6.07, 6.45) is 6.49. The Morgan fingerprint density at radius 3 is 2.60 bits per heavy atom. The van der Waals surface area contributed by atoms with Gasteiger partial charge in [0.25, 0.3) is 0 Å². The lowest BCUT2D eigenvalue weighted by Gasteiger charge is -2.07. The Hall–Kier alpha value is -1.61. The van der Waals surface area contributed by atoms with E-state index < -0.39 is 10.0 Å². The van der Waals surface area contributed by atoms with E-state index in [4.69, 9.17) is 0 Å². The number of urea groups is 1. The highest BCUT2D eigenvalue weighted by Crippen LogP contribution is 1.99. The van der Waals surface area contributed by atoms with Crippen LogP contribution < -0.4 is 15.4 Å². The van der Waals surface area contributed by atoms with Crippen molar-refractivity contribution in [1.82, 2.24) is 25.1 Å². The molecule has 1 aromatic rings. The predicted molar refractivity (Wildman–Crippen MR) is 75.8 cm³/mol. The van der Waals surface area contributed by atoms with Crippen molar-refractivity contribution in [3.63, 3.8) is 0 Å². The lowest BCUT2D eigenvalue weighted by molar-refractivity contribution is 0.241. The molecule has 0 radical (unpaired) electrons. The Balaban J connectivity index is 2.03. The molecule has 9 heteroatoms. The van der Waals surface area contributed by atoms with Crippen molar-refractivity contribution in [2.75, 3.05) is 25.9 Å². The largest absolute Gasteiger partial charge is 0.338 e. The van der Waals surface area contributed by atoms with Crippen molar-refractivity contribution in [3.8, 4) is 0 Å². The topological polar surface area (TPSA) is 105 Å². The molecule has 0 unspecified atom stereocenters. The van der Waals surface area contributed by atoms with Crippen LogP contribution in [0.15, 0.2) is 12.4 Å².